The van der Waals surface area contributed by atoms with Crippen LogP contribution in [0.5, 0.6) is 0 Å². The summed E-state index contributed by atoms with van der Waals surface area (Å²) < 4.78 is 5.65. The molecule has 6 heteroatoms. The number of carbonyl (C=O) groups excluding carboxylic acids is 1. The molecule has 0 atom stereocenters. The van der Waals surface area contributed by atoms with E-state index in [1.165, 1.54) is 0 Å². The molecule has 0 unspecified atom stereocenters. The number of aliphatic hydroxyl groups is 1. The number of unbranched alkanes of at least 4 members (excludes halogenated alkanes) is 1. The molecule has 0 amide bonds. The Bertz CT molecular complexity index is 708. The number of benzene rings is 1. The van der Waals surface area contributed by atoms with Crippen molar-refractivity contribution in [1.82, 2.24) is 0 Å². The third kappa shape index (κ3) is 4.79. The van der Waals surface area contributed by atoms with Crippen LogP contribution in [0, 0.1) is 0 Å². The topological polar surface area (TPSA) is 68.1 Å². The Morgan fingerprint density at radius 3 is 2.88 bits per heavy atom. The van der Waals surface area contributed by atoms with Gasteiger partial charge in [-0.15, -0.1) is 0 Å². The molecule has 0 aromatic heterocycles. The normalized spacial score (nSPS) is 19.3. The van der Waals surface area contributed by atoms with Crippen LogP contribution in [0.1, 0.15) is 56.9 Å². The molecule has 0 radical (unpaired) electrons. The molecular weight excluding hydrogens is 354 g/mol. The maximum Gasteiger partial charge on any atom is 0.337 e. The number of oxime groups is 1. The molecule has 1 N–H and O–H groups in total. The molecular formula is C20H24ClNO4. The number of esters is 1. The molecule has 1 saturated carbocycles. The van der Waals surface area contributed by atoms with Crippen LogP contribution in [0.4, 0.5) is 0 Å². The van der Waals surface area contributed by atoms with Crippen molar-refractivity contribution in [1.29, 1.82) is 0 Å². The van der Waals surface area contributed by atoms with E-state index < -0.39 is 5.60 Å². The zero-order valence-electron chi connectivity index (χ0n) is 14.7. The second-order valence-corrected chi connectivity index (χ2v) is 7.40. The van der Waals surface area contributed by atoms with Gasteiger partial charge in [-0.1, -0.05) is 28.9 Å². The van der Waals surface area contributed by atoms with Gasteiger partial charge >= 0.3 is 5.97 Å². The minimum atomic E-state index is -0.444. The van der Waals surface area contributed by atoms with E-state index in [-0.39, 0.29) is 11.7 Å². The van der Waals surface area contributed by atoms with Crippen molar-refractivity contribution < 1.29 is 19.5 Å². The van der Waals surface area contributed by atoms with Crippen molar-refractivity contribution >= 4 is 23.8 Å². The average Bonchev–Trinajstić information content (AvgIpc) is 3.03. The lowest BCUT2D eigenvalue weighted by molar-refractivity contribution is -0.158. The first kappa shape index (κ1) is 18.8. The number of hydrogen-bond donors (Lipinski definition) is 1. The zero-order chi connectivity index (χ0) is 18.4. The number of ether oxygens (including phenoxy) is 1. The van der Waals surface area contributed by atoms with Gasteiger partial charge in [0.25, 0.3) is 0 Å². The fraction of sp³-hybridized carbons (Fsp3) is 0.500. The van der Waals surface area contributed by atoms with Gasteiger partial charge in [-0.2, -0.15) is 0 Å². The van der Waals surface area contributed by atoms with Gasteiger partial charge in [0.05, 0.1) is 5.57 Å². The number of nitrogens with zero attached hydrogens (tertiary/aromatic N) is 1. The molecule has 1 heterocycles. The highest BCUT2D eigenvalue weighted by Gasteiger charge is 2.43. The van der Waals surface area contributed by atoms with Gasteiger partial charge in [-0.3, -0.25) is 0 Å². The van der Waals surface area contributed by atoms with E-state index >= 15 is 0 Å². The van der Waals surface area contributed by atoms with Crippen molar-refractivity contribution in [3.8, 4) is 0 Å². The van der Waals surface area contributed by atoms with Gasteiger partial charge in [0.1, 0.15) is 18.0 Å². The van der Waals surface area contributed by atoms with Crippen LogP contribution in [0.3, 0.4) is 0 Å². The van der Waals surface area contributed by atoms with Crippen LogP contribution in [-0.4, -0.2) is 22.9 Å². The molecule has 3 rings (SSSR count). The monoisotopic (exact) mass is 377 g/mol. The van der Waals surface area contributed by atoms with E-state index in [2.05, 4.69) is 5.16 Å². The molecule has 26 heavy (non-hydrogen) atoms. The largest absolute Gasteiger partial charge is 0.512 e. The summed E-state index contributed by atoms with van der Waals surface area (Å²) in [6, 6.07) is 7.42. The fourth-order valence-electron chi connectivity index (χ4n) is 3.58. The van der Waals surface area contributed by atoms with E-state index in [4.69, 9.17) is 21.2 Å². The molecule has 5 nitrogen and oxygen atoms in total. The van der Waals surface area contributed by atoms with E-state index in [0.717, 1.165) is 31.2 Å². The number of hydrogen-bond acceptors (Lipinski definition) is 5. The van der Waals surface area contributed by atoms with E-state index in [9.17, 15) is 9.90 Å². The Hall–Kier alpha value is -2.01. The van der Waals surface area contributed by atoms with Crippen LogP contribution < -0.4 is 0 Å². The van der Waals surface area contributed by atoms with Crippen molar-refractivity contribution in [3.05, 3.63) is 46.2 Å². The molecule has 1 aromatic rings. The highest BCUT2D eigenvalue weighted by molar-refractivity contribution is 6.30. The Kier molecular flexibility index (Phi) is 6.20. The molecule has 0 bridgehead atoms. The van der Waals surface area contributed by atoms with Crippen LogP contribution in [-0.2, 0) is 21.0 Å². The predicted molar refractivity (Wildman–Crippen MR) is 100 cm³/mol. The second-order valence-electron chi connectivity index (χ2n) is 6.97. The Morgan fingerprint density at radius 1 is 1.35 bits per heavy atom. The molecule has 2 aliphatic rings. The fourth-order valence-corrected chi connectivity index (χ4v) is 3.80. The maximum atomic E-state index is 12.2. The lowest BCUT2D eigenvalue weighted by Gasteiger charge is -2.33. The van der Waals surface area contributed by atoms with Gasteiger partial charge in [0.15, 0.2) is 0 Å². The maximum absolute atomic E-state index is 12.2. The van der Waals surface area contributed by atoms with Crippen molar-refractivity contribution in [2.45, 2.75) is 63.6 Å². The molecule has 1 aliphatic carbocycles. The minimum Gasteiger partial charge on any atom is -0.512 e. The van der Waals surface area contributed by atoms with Crippen LogP contribution in [0.15, 0.2) is 40.8 Å². The van der Waals surface area contributed by atoms with Gasteiger partial charge < -0.3 is 14.7 Å². The van der Waals surface area contributed by atoms with E-state index in [0.29, 0.717) is 42.9 Å². The van der Waals surface area contributed by atoms with Crippen molar-refractivity contribution in [3.63, 3.8) is 0 Å². The molecule has 0 saturated heterocycles. The average molecular weight is 378 g/mol. The molecule has 1 aliphatic heterocycles. The van der Waals surface area contributed by atoms with Gasteiger partial charge in [0.2, 0.25) is 0 Å². The van der Waals surface area contributed by atoms with Crippen molar-refractivity contribution in [2.75, 3.05) is 0 Å². The molecule has 1 spiro atoms. The number of halogens is 1. The SMILES string of the molecule is O=C1OC2(CCCC2)CC(O)=C1CCCC=NOCc1cccc(Cl)c1. The molecule has 140 valence electrons. The lowest BCUT2D eigenvalue weighted by Crippen LogP contribution is -2.37. The Morgan fingerprint density at radius 2 is 2.15 bits per heavy atom. The molecule has 1 fully saturated rings. The van der Waals surface area contributed by atoms with Gasteiger partial charge in [-0.25, -0.2) is 4.79 Å². The smallest absolute Gasteiger partial charge is 0.337 e. The quantitative estimate of drug-likeness (QED) is 0.311. The molecule has 1 aromatic carbocycles. The number of aliphatic hydroxyl groups excluding tert-OH is 1. The van der Waals surface area contributed by atoms with E-state index in [1.54, 1.807) is 6.21 Å². The zero-order valence-corrected chi connectivity index (χ0v) is 15.5. The van der Waals surface area contributed by atoms with E-state index in [1.807, 2.05) is 24.3 Å². The second kappa shape index (κ2) is 8.58. The Balaban J connectivity index is 1.39. The van der Waals surface area contributed by atoms with Crippen molar-refractivity contribution in [2.24, 2.45) is 5.16 Å². The summed E-state index contributed by atoms with van der Waals surface area (Å²) in [6.07, 6.45) is 7.81. The first-order chi connectivity index (χ1) is 12.6. The summed E-state index contributed by atoms with van der Waals surface area (Å²) in [4.78, 5) is 17.4. The standard InChI is InChI=1S/C20H24ClNO4/c21-16-7-5-6-15(12-16)14-25-22-11-4-1-8-17-18(23)13-20(26-19(17)24)9-2-3-10-20/h5-7,11-12,23H,1-4,8-10,13-14H2. The van der Waals surface area contributed by atoms with Crippen LogP contribution >= 0.6 is 11.6 Å². The summed E-state index contributed by atoms with van der Waals surface area (Å²) in [7, 11) is 0. The summed E-state index contributed by atoms with van der Waals surface area (Å²) in [5.74, 6) is -0.151. The third-order valence-electron chi connectivity index (χ3n) is 4.94. The summed E-state index contributed by atoms with van der Waals surface area (Å²) in [5, 5.41) is 14.8. The first-order valence-corrected chi connectivity index (χ1v) is 9.48. The lowest BCUT2D eigenvalue weighted by atomic mass is 9.90. The predicted octanol–water partition coefficient (Wildman–Crippen LogP) is 5.08. The highest BCUT2D eigenvalue weighted by atomic mass is 35.5. The number of rotatable bonds is 7. The van der Waals surface area contributed by atoms with Gasteiger partial charge in [0, 0.05) is 17.7 Å². The minimum absolute atomic E-state index is 0.206. The summed E-state index contributed by atoms with van der Waals surface area (Å²) >= 11 is 5.91. The number of carbonyl (C=O) groups is 1. The van der Waals surface area contributed by atoms with Crippen LogP contribution in [0.25, 0.3) is 0 Å². The third-order valence-corrected chi connectivity index (χ3v) is 5.17. The highest BCUT2D eigenvalue weighted by Crippen LogP contribution is 2.42. The van der Waals surface area contributed by atoms with Crippen LogP contribution in [0.2, 0.25) is 5.02 Å². The Labute approximate surface area is 158 Å². The summed E-state index contributed by atoms with van der Waals surface area (Å²) in [5.41, 5.74) is 0.923. The summed E-state index contributed by atoms with van der Waals surface area (Å²) in [6.45, 7) is 0.359. The first-order valence-electron chi connectivity index (χ1n) is 9.11. The van der Waals surface area contributed by atoms with Gasteiger partial charge in [-0.05, 0) is 62.6 Å².